The Morgan fingerprint density at radius 3 is 1.80 bits per heavy atom. The third-order valence-corrected chi connectivity index (χ3v) is 9.61. The van der Waals surface area contributed by atoms with Gasteiger partial charge in [0.05, 0.1) is 52.5 Å². The fourth-order valence-corrected chi connectivity index (χ4v) is 7.49. The SMILES string of the molecule is [C-]#[N+]c1ccc(-n2c3ccccc3c3cccc([N+]#[C-])c32)cc1-c1ccccc1-c1ccccc1-n1c2ccccc2c2cc(C#N)ccc21. The van der Waals surface area contributed by atoms with E-state index in [4.69, 9.17) is 13.1 Å². The zero-order valence-corrected chi connectivity index (χ0v) is 26.7. The highest BCUT2D eigenvalue weighted by Crippen LogP contribution is 2.44. The Kier molecular flexibility index (Phi) is 6.56. The normalized spacial score (nSPS) is 11.1. The van der Waals surface area contributed by atoms with Gasteiger partial charge in [0.2, 0.25) is 5.69 Å². The number of para-hydroxylation sites is 4. The summed E-state index contributed by atoms with van der Waals surface area (Å²) in [6, 6.07) is 53.1. The van der Waals surface area contributed by atoms with Crippen molar-refractivity contribution < 1.29 is 0 Å². The fourth-order valence-electron chi connectivity index (χ4n) is 7.49. The molecule has 9 aromatic rings. The average Bonchev–Trinajstić information content (AvgIpc) is 3.70. The van der Waals surface area contributed by atoms with Crippen LogP contribution in [0.3, 0.4) is 0 Å². The lowest BCUT2D eigenvalue weighted by atomic mass is 9.92. The van der Waals surface area contributed by atoms with E-state index in [1.165, 1.54) is 0 Å². The second-order valence-electron chi connectivity index (χ2n) is 12.2. The van der Waals surface area contributed by atoms with Crippen LogP contribution in [0.4, 0.5) is 11.4 Å². The highest BCUT2D eigenvalue weighted by atomic mass is 15.0. The molecule has 0 amide bonds. The molecular formula is C45H25N5. The zero-order valence-electron chi connectivity index (χ0n) is 26.7. The molecule has 9 rings (SSSR count). The fraction of sp³-hybridized carbons (Fsp3) is 0. The molecule has 5 nitrogen and oxygen atoms in total. The minimum absolute atomic E-state index is 0.547. The number of benzene rings is 7. The summed E-state index contributed by atoms with van der Waals surface area (Å²) in [6.07, 6.45) is 0. The molecule has 2 heterocycles. The van der Waals surface area contributed by atoms with Crippen molar-refractivity contribution in [3.05, 3.63) is 180 Å². The van der Waals surface area contributed by atoms with Crippen LogP contribution in [-0.4, -0.2) is 9.13 Å². The monoisotopic (exact) mass is 635 g/mol. The van der Waals surface area contributed by atoms with Gasteiger partial charge in [-0.3, -0.25) is 0 Å². The molecule has 0 saturated heterocycles. The molecule has 0 unspecified atom stereocenters. The summed E-state index contributed by atoms with van der Waals surface area (Å²) in [5, 5.41) is 13.9. The molecule has 0 atom stereocenters. The standard InChI is InChI=1S/C45H25N5/c1-47-39-24-23-30(49-41-19-8-6-15-34(41)36-17-11-18-40(48-2)45(36)49)27-37(39)32-13-4-3-12-31(32)33-14-5-9-20-42(33)50-43-21-10-7-16-35(43)38-26-29(28-46)22-25-44(38)50/h3-27H. The van der Waals surface area contributed by atoms with Gasteiger partial charge >= 0.3 is 0 Å². The second kappa shape index (κ2) is 11.4. The van der Waals surface area contributed by atoms with Gasteiger partial charge in [-0.2, -0.15) is 5.26 Å². The van der Waals surface area contributed by atoms with Crippen LogP contribution in [0.2, 0.25) is 0 Å². The molecule has 0 N–H and O–H groups in total. The highest BCUT2D eigenvalue weighted by molar-refractivity contribution is 6.14. The van der Waals surface area contributed by atoms with E-state index in [0.29, 0.717) is 16.9 Å². The minimum Gasteiger partial charge on any atom is -0.319 e. The van der Waals surface area contributed by atoms with Crippen molar-refractivity contribution >= 4 is 55.0 Å². The lowest BCUT2D eigenvalue weighted by Crippen LogP contribution is -1.98. The van der Waals surface area contributed by atoms with Gasteiger partial charge in [-0.1, -0.05) is 103 Å². The van der Waals surface area contributed by atoms with Crippen molar-refractivity contribution in [1.29, 1.82) is 5.26 Å². The molecule has 2 aromatic heterocycles. The molecule has 0 radical (unpaired) electrons. The number of nitrogens with zero attached hydrogens (tertiary/aromatic N) is 5. The average molecular weight is 636 g/mol. The molecule has 230 valence electrons. The molecule has 5 heteroatoms. The Labute approximate surface area is 288 Å². The predicted octanol–water partition coefficient (Wildman–Crippen LogP) is 12.2. The first-order valence-corrected chi connectivity index (χ1v) is 16.2. The van der Waals surface area contributed by atoms with Crippen LogP contribution in [0, 0.1) is 24.5 Å². The van der Waals surface area contributed by atoms with Gasteiger partial charge in [0, 0.05) is 27.4 Å². The van der Waals surface area contributed by atoms with Crippen molar-refractivity contribution in [2.24, 2.45) is 0 Å². The molecule has 0 saturated carbocycles. The Morgan fingerprint density at radius 2 is 1.06 bits per heavy atom. The molecule has 0 bridgehead atoms. The Morgan fingerprint density at radius 1 is 0.460 bits per heavy atom. The Balaban J connectivity index is 1.31. The van der Waals surface area contributed by atoms with Crippen LogP contribution in [0.5, 0.6) is 0 Å². The number of rotatable bonds is 4. The van der Waals surface area contributed by atoms with E-state index in [0.717, 1.165) is 77.2 Å². The van der Waals surface area contributed by atoms with Gasteiger partial charge in [0.1, 0.15) is 0 Å². The summed E-state index contributed by atoms with van der Waals surface area (Å²) < 4.78 is 4.42. The molecule has 0 fully saturated rings. The van der Waals surface area contributed by atoms with Crippen molar-refractivity contribution in [2.75, 3.05) is 0 Å². The maximum absolute atomic E-state index is 9.69. The summed E-state index contributed by atoms with van der Waals surface area (Å²) in [6.45, 7) is 16.2. The van der Waals surface area contributed by atoms with Crippen LogP contribution in [-0.2, 0) is 0 Å². The van der Waals surface area contributed by atoms with Crippen LogP contribution in [0.1, 0.15) is 5.56 Å². The first-order valence-electron chi connectivity index (χ1n) is 16.2. The van der Waals surface area contributed by atoms with Crippen LogP contribution >= 0.6 is 0 Å². The van der Waals surface area contributed by atoms with Gasteiger partial charge in [0.15, 0.2) is 5.69 Å². The smallest absolute Gasteiger partial charge is 0.211 e. The number of nitriles is 1. The van der Waals surface area contributed by atoms with Gasteiger partial charge < -0.3 is 9.13 Å². The number of fused-ring (bicyclic) bond motifs is 6. The van der Waals surface area contributed by atoms with Crippen molar-refractivity contribution in [2.45, 2.75) is 0 Å². The lowest BCUT2D eigenvalue weighted by molar-refractivity contribution is 1.18. The van der Waals surface area contributed by atoms with E-state index in [2.05, 4.69) is 85.6 Å². The number of hydrogen-bond acceptors (Lipinski definition) is 1. The van der Waals surface area contributed by atoms with Gasteiger partial charge in [-0.05, 0) is 70.6 Å². The molecule has 0 aliphatic rings. The highest BCUT2D eigenvalue weighted by Gasteiger charge is 2.20. The molecule has 7 aromatic carbocycles. The molecule has 0 aliphatic carbocycles. The van der Waals surface area contributed by atoms with E-state index in [-0.39, 0.29) is 0 Å². The molecular weight excluding hydrogens is 611 g/mol. The summed E-state index contributed by atoms with van der Waals surface area (Å²) in [5.74, 6) is 0. The number of hydrogen-bond donors (Lipinski definition) is 0. The molecule has 0 spiro atoms. The van der Waals surface area contributed by atoms with Crippen molar-refractivity contribution in [1.82, 2.24) is 9.13 Å². The third-order valence-electron chi connectivity index (χ3n) is 9.61. The van der Waals surface area contributed by atoms with E-state index >= 15 is 0 Å². The summed E-state index contributed by atoms with van der Waals surface area (Å²) in [4.78, 5) is 7.89. The minimum atomic E-state index is 0.547. The predicted molar refractivity (Wildman–Crippen MR) is 203 cm³/mol. The van der Waals surface area contributed by atoms with Crippen molar-refractivity contribution in [3.8, 4) is 39.7 Å². The third kappa shape index (κ3) is 4.24. The maximum Gasteiger partial charge on any atom is 0.211 e. The van der Waals surface area contributed by atoms with E-state index in [1.807, 2.05) is 91.0 Å². The lowest BCUT2D eigenvalue weighted by Gasteiger charge is -2.18. The Bertz CT molecular complexity index is 2970. The Hall–Kier alpha value is -7.39. The first-order chi connectivity index (χ1) is 24.7. The summed E-state index contributed by atoms with van der Waals surface area (Å²) in [7, 11) is 0. The van der Waals surface area contributed by atoms with E-state index < -0.39 is 0 Å². The maximum atomic E-state index is 9.69. The van der Waals surface area contributed by atoms with Gasteiger partial charge in [-0.25, -0.2) is 9.69 Å². The number of aromatic nitrogens is 2. The van der Waals surface area contributed by atoms with Gasteiger partial charge in [-0.15, -0.1) is 0 Å². The largest absolute Gasteiger partial charge is 0.319 e. The van der Waals surface area contributed by atoms with Crippen LogP contribution < -0.4 is 0 Å². The summed E-state index contributed by atoms with van der Waals surface area (Å²) in [5.41, 5.74) is 11.3. The summed E-state index contributed by atoms with van der Waals surface area (Å²) >= 11 is 0. The van der Waals surface area contributed by atoms with Crippen LogP contribution in [0.15, 0.2) is 152 Å². The molecule has 50 heavy (non-hydrogen) atoms. The van der Waals surface area contributed by atoms with Crippen molar-refractivity contribution in [3.63, 3.8) is 0 Å². The van der Waals surface area contributed by atoms with E-state index in [9.17, 15) is 5.26 Å². The first kappa shape index (κ1) is 28.8. The second-order valence-corrected chi connectivity index (χ2v) is 12.2. The van der Waals surface area contributed by atoms with Gasteiger partial charge in [0.25, 0.3) is 0 Å². The van der Waals surface area contributed by atoms with Crippen LogP contribution in [0.25, 0.3) is 86.9 Å². The molecule has 0 aliphatic heterocycles. The van der Waals surface area contributed by atoms with E-state index in [1.54, 1.807) is 0 Å². The topological polar surface area (TPSA) is 42.4 Å². The quantitative estimate of drug-likeness (QED) is 0.177. The zero-order chi connectivity index (χ0) is 33.8.